The molecule has 1 heterocycles. The lowest BCUT2D eigenvalue weighted by molar-refractivity contribution is 0.412. The van der Waals surface area contributed by atoms with E-state index in [9.17, 15) is 0 Å². The van der Waals surface area contributed by atoms with Crippen LogP contribution in [0, 0.1) is 0 Å². The Morgan fingerprint density at radius 3 is 2.81 bits per heavy atom. The van der Waals surface area contributed by atoms with Crippen molar-refractivity contribution in [1.29, 1.82) is 0 Å². The summed E-state index contributed by atoms with van der Waals surface area (Å²) in [6.07, 6.45) is 0.980. The highest BCUT2D eigenvalue weighted by Gasteiger charge is 2.06. The zero-order chi connectivity index (χ0) is 11.5. The summed E-state index contributed by atoms with van der Waals surface area (Å²) in [5.74, 6) is 0.844. The van der Waals surface area contributed by atoms with Gasteiger partial charge in [0.1, 0.15) is 10.8 Å². The Morgan fingerprint density at radius 1 is 1.44 bits per heavy atom. The molecule has 2 nitrogen and oxygen atoms in total. The molecule has 84 valence electrons. The normalized spacial score (nSPS) is 10.4. The molecule has 0 bridgehead atoms. The van der Waals surface area contributed by atoms with Gasteiger partial charge in [-0.15, -0.1) is 11.3 Å². The minimum Gasteiger partial charge on any atom is -0.496 e. The maximum atomic E-state index is 5.20. The molecule has 4 heteroatoms. The number of nitrogens with zero attached hydrogens (tertiary/aromatic N) is 1. The molecule has 2 aromatic rings. The van der Waals surface area contributed by atoms with Gasteiger partial charge in [0.05, 0.1) is 17.3 Å². The molecule has 1 aromatic carbocycles. The second-order valence-corrected chi connectivity index (χ2v) is 5.06. The van der Waals surface area contributed by atoms with Crippen LogP contribution in [0.15, 0.2) is 28.1 Å². The van der Waals surface area contributed by atoms with E-state index in [-0.39, 0.29) is 0 Å². The third-order valence-corrected chi connectivity index (χ3v) is 3.87. The molecule has 0 aliphatic rings. The van der Waals surface area contributed by atoms with E-state index in [0.717, 1.165) is 32.9 Å². The van der Waals surface area contributed by atoms with Crippen LogP contribution in [-0.4, -0.2) is 12.1 Å². The van der Waals surface area contributed by atoms with E-state index in [0.29, 0.717) is 0 Å². The Morgan fingerprint density at radius 2 is 2.25 bits per heavy atom. The molecule has 0 saturated carbocycles. The van der Waals surface area contributed by atoms with E-state index in [1.165, 1.54) is 0 Å². The lowest BCUT2D eigenvalue weighted by atomic mass is 10.2. The van der Waals surface area contributed by atoms with Crippen molar-refractivity contribution in [2.24, 2.45) is 0 Å². The van der Waals surface area contributed by atoms with Gasteiger partial charge in [0.15, 0.2) is 0 Å². The van der Waals surface area contributed by atoms with Crippen molar-refractivity contribution in [3.63, 3.8) is 0 Å². The average Bonchev–Trinajstić information content (AvgIpc) is 2.77. The molecular weight excluding hydrogens is 286 g/mol. The van der Waals surface area contributed by atoms with Crippen molar-refractivity contribution in [3.8, 4) is 16.3 Å². The third kappa shape index (κ3) is 2.28. The summed E-state index contributed by atoms with van der Waals surface area (Å²) in [6.45, 7) is 2.11. The smallest absolute Gasteiger partial charge is 0.133 e. The molecule has 0 amide bonds. The van der Waals surface area contributed by atoms with Crippen LogP contribution >= 0.6 is 27.3 Å². The highest BCUT2D eigenvalue weighted by atomic mass is 79.9. The summed E-state index contributed by atoms with van der Waals surface area (Å²) in [6, 6.07) is 6.02. The lowest BCUT2D eigenvalue weighted by Gasteiger charge is -2.04. The van der Waals surface area contributed by atoms with Crippen LogP contribution in [0.25, 0.3) is 10.6 Å². The van der Waals surface area contributed by atoms with Gasteiger partial charge in [0.25, 0.3) is 0 Å². The van der Waals surface area contributed by atoms with Crippen molar-refractivity contribution >= 4 is 27.3 Å². The molecule has 0 unspecified atom stereocenters. The molecule has 0 radical (unpaired) electrons. The molecule has 16 heavy (non-hydrogen) atoms. The number of hydrogen-bond acceptors (Lipinski definition) is 3. The molecule has 0 saturated heterocycles. The number of ether oxygens (including phenoxy) is 1. The van der Waals surface area contributed by atoms with E-state index in [1.54, 1.807) is 18.4 Å². The van der Waals surface area contributed by atoms with Crippen molar-refractivity contribution in [2.75, 3.05) is 7.11 Å². The van der Waals surface area contributed by atoms with Crippen molar-refractivity contribution in [3.05, 3.63) is 33.7 Å². The molecule has 2 rings (SSSR count). The van der Waals surface area contributed by atoms with Crippen LogP contribution in [0.1, 0.15) is 12.6 Å². The van der Waals surface area contributed by atoms with Gasteiger partial charge < -0.3 is 4.74 Å². The van der Waals surface area contributed by atoms with Gasteiger partial charge in [-0.3, -0.25) is 0 Å². The quantitative estimate of drug-likeness (QED) is 0.849. The number of thiazole rings is 1. The van der Waals surface area contributed by atoms with Crippen molar-refractivity contribution in [1.82, 2.24) is 4.98 Å². The number of aromatic nitrogens is 1. The van der Waals surface area contributed by atoms with Gasteiger partial charge in [-0.05, 0) is 40.5 Å². The number of halogens is 1. The number of benzene rings is 1. The largest absolute Gasteiger partial charge is 0.496 e. The lowest BCUT2D eigenvalue weighted by Crippen LogP contribution is -1.85. The first kappa shape index (κ1) is 11.6. The summed E-state index contributed by atoms with van der Waals surface area (Å²) in [4.78, 5) is 4.55. The molecule has 0 aliphatic heterocycles. The van der Waals surface area contributed by atoms with Crippen LogP contribution in [0.4, 0.5) is 0 Å². The SMILES string of the molecule is CCc1csc(-c2ccc(OC)c(Br)c2)n1. The summed E-state index contributed by atoms with van der Waals surface area (Å²) >= 11 is 5.16. The van der Waals surface area contributed by atoms with Crippen LogP contribution < -0.4 is 4.74 Å². The van der Waals surface area contributed by atoms with Gasteiger partial charge in [0.2, 0.25) is 0 Å². The van der Waals surface area contributed by atoms with Crippen molar-refractivity contribution < 1.29 is 4.74 Å². The first-order valence-corrected chi connectivity index (χ1v) is 6.70. The average molecular weight is 298 g/mol. The van der Waals surface area contributed by atoms with Crippen molar-refractivity contribution in [2.45, 2.75) is 13.3 Å². The minimum atomic E-state index is 0.844. The minimum absolute atomic E-state index is 0.844. The second kappa shape index (κ2) is 4.97. The Balaban J connectivity index is 2.37. The first-order chi connectivity index (χ1) is 7.74. The van der Waals surface area contributed by atoms with Gasteiger partial charge in [0, 0.05) is 10.9 Å². The summed E-state index contributed by atoms with van der Waals surface area (Å²) in [7, 11) is 1.67. The molecule has 0 atom stereocenters. The molecule has 0 spiro atoms. The molecule has 0 N–H and O–H groups in total. The summed E-state index contributed by atoms with van der Waals surface area (Å²) < 4.78 is 6.16. The van der Waals surface area contributed by atoms with Crippen LogP contribution in [0.2, 0.25) is 0 Å². The fourth-order valence-electron chi connectivity index (χ4n) is 1.40. The zero-order valence-electron chi connectivity index (χ0n) is 9.16. The summed E-state index contributed by atoms with van der Waals surface area (Å²) in [5, 5.41) is 3.16. The molecular formula is C12H12BrNOS. The fourth-order valence-corrected chi connectivity index (χ4v) is 2.84. The highest BCUT2D eigenvalue weighted by Crippen LogP contribution is 2.31. The number of rotatable bonds is 3. The van der Waals surface area contributed by atoms with Crippen LogP contribution in [0.3, 0.4) is 0 Å². The Kier molecular flexibility index (Phi) is 3.61. The van der Waals surface area contributed by atoms with E-state index >= 15 is 0 Å². The van der Waals surface area contributed by atoms with Gasteiger partial charge in [-0.1, -0.05) is 6.92 Å². The molecule has 1 aromatic heterocycles. The first-order valence-electron chi connectivity index (χ1n) is 5.03. The Bertz CT molecular complexity index is 496. The van der Waals surface area contributed by atoms with Gasteiger partial charge in [-0.25, -0.2) is 4.98 Å². The number of aryl methyl sites for hydroxylation is 1. The third-order valence-electron chi connectivity index (χ3n) is 2.31. The highest BCUT2D eigenvalue weighted by molar-refractivity contribution is 9.10. The maximum Gasteiger partial charge on any atom is 0.133 e. The van der Waals surface area contributed by atoms with E-state index in [1.807, 2.05) is 18.2 Å². The fraction of sp³-hybridized carbons (Fsp3) is 0.250. The Hall–Kier alpha value is -0.870. The van der Waals surface area contributed by atoms with E-state index in [4.69, 9.17) is 4.74 Å². The molecule has 0 fully saturated rings. The second-order valence-electron chi connectivity index (χ2n) is 3.35. The van der Waals surface area contributed by atoms with E-state index < -0.39 is 0 Å². The maximum absolute atomic E-state index is 5.20. The topological polar surface area (TPSA) is 22.1 Å². The molecule has 0 aliphatic carbocycles. The van der Waals surface area contributed by atoms with Gasteiger partial charge >= 0.3 is 0 Å². The predicted molar refractivity (Wildman–Crippen MR) is 71.2 cm³/mol. The zero-order valence-corrected chi connectivity index (χ0v) is 11.6. The standard InChI is InChI=1S/C12H12BrNOS/c1-3-9-7-16-12(14-9)8-4-5-11(15-2)10(13)6-8/h4-7H,3H2,1-2H3. The summed E-state index contributed by atoms with van der Waals surface area (Å²) in [5.41, 5.74) is 2.27. The van der Waals surface area contributed by atoms with Crippen LogP contribution in [0.5, 0.6) is 5.75 Å². The predicted octanol–water partition coefficient (Wildman–Crippen LogP) is 4.14. The van der Waals surface area contributed by atoms with Gasteiger partial charge in [-0.2, -0.15) is 0 Å². The number of hydrogen-bond donors (Lipinski definition) is 0. The Labute approximate surface area is 107 Å². The monoisotopic (exact) mass is 297 g/mol. The van der Waals surface area contributed by atoms with E-state index in [2.05, 4.69) is 33.2 Å². The number of methoxy groups -OCH3 is 1. The van der Waals surface area contributed by atoms with Crippen LogP contribution in [-0.2, 0) is 6.42 Å².